The first-order chi connectivity index (χ1) is 14.9. The summed E-state index contributed by atoms with van der Waals surface area (Å²) in [7, 11) is 1.34. The summed E-state index contributed by atoms with van der Waals surface area (Å²) in [6, 6.07) is 12.7. The van der Waals surface area contributed by atoms with E-state index >= 15 is 0 Å². The Labute approximate surface area is 182 Å². The molecule has 7 nitrogen and oxygen atoms in total. The highest BCUT2D eigenvalue weighted by molar-refractivity contribution is 5.96. The van der Waals surface area contributed by atoms with Crippen molar-refractivity contribution in [3.63, 3.8) is 0 Å². The summed E-state index contributed by atoms with van der Waals surface area (Å²) in [5, 5.41) is 2.91. The van der Waals surface area contributed by atoms with E-state index in [0.29, 0.717) is 42.9 Å². The number of methoxy groups -OCH3 is 1. The Morgan fingerprint density at radius 1 is 1.06 bits per heavy atom. The fourth-order valence-electron chi connectivity index (χ4n) is 3.64. The summed E-state index contributed by atoms with van der Waals surface area (Å²) in [5.74, 6) is -0.153. The number of anilines is 1. The van der Waals surface area contributed by atoms with Gasteiger partial charge in [0.25, 0.3) is 5.91 Å². The quantitative estimate of drug-likeness (QED) is 0.719. The van der Waals surface area contributed by atoms with Gasteiger partial charge in [0.2, 0.25) is 5.91 Å². The summed E-state index contributed by atoms with van der Waals surface area (Å²) in [4.78, 5) is 38.9. The van der Waals surface area contributed by atoms with E-state index in [-0.39, 0.29) is 24.3 Å². The van der Waals surface area contributed by atoms with Gasteiger partial charge >= 0.3 is 5.97 Å². The van der Waals surface area contributed by atoms with E-state index < -0.39 is 5.97 Å². The van der Waals surface area contributed by atoms with Crippen LogP contribution in [0.4, 0.5) is 5.69 Å². The fraction of sp³-hybridized carbons (Fsp3) is 0.375. The molecule has 0 aliphatic carbocycles. The molecule has 1 fully saturated rings. The Morgan fingerprint density at radius 2 is 1.74 bits per heavy atom. The highest BCUT2D eigenvalue weighted by Gasteiger charge is 2.28. The third-order valence-electron chi connectivity index (χ3n) is 5.66. The number of piperidine rings is 1. The van der Waals surface area contributed by atoms with Gasteiger partial charge in [-0.2, -0.15) is 0 Å². The Morgan fingerprint density at radius 3 is 2.39 bits per heavy atom. The molecule has 7 heteroatoms. The number of benzene rings is 2. The zero-order valence-electron chi connectivity index (χ0n) is 18.1. The van der Waals surface area contributed by atoms with Gasteiger partial charge in [0.15, 0.2) is 6.61 Å². The van der Waals surface area contributed by atoms with Gasteiger partial charge in [0, 0.05) is 24.7 Å². The Hall–Kier alpha value is -3.35. The number of esters is 1. The van der Waals surface area contributed by atoms with E-state index in [0.717, 1.165) is 11.1 Å². The predicted octanol–water partition coefficient (Wildman–Crippen LogP) is 3.35. The number of para-hydroxylation sites is 1. The van der Waals surface area contributed by atoms with Gasteiger partial charge in [-0.3, -0.25) is 9.59 Å². The lowest BCUT2D eigenvalue weighted by Crippen LogP contribution is -2.43. The predicted molar refractivity (Wildman–Crippen MR) is 117 cm³/mol. The van der Waals surface area contributed by atoms with E-state index in [4.69, 9.17) is 9.47 Å². The van der Waals surface area contributed by atoms with Gasteiger partial charge in [0.1, 0.15) is 5.75 Å². The minimum atomic E-state index is -0.429. The van der Waals surface area contributed by atoms with Crippen LogP contribution >= 0.6 is 0 Å². The molecule has 1 N–H and O–H groups in total. The lowest BCUT2D eigenvalue weighted by Gasteiger charge is -2.31. The van der Waals surface area contributed by atoms with Crippen molar-refractivity contribution in [1.29, 1.82) is 0 Å². The number of hydrogen-bond donors (Lipinski definition) is 1. The van der Waals surface area contributed by atoms with Crippen molar-refractivity contribution in [2.45, 2.75) is 26.7 Å². The van der Waals surface area contributed by atoms with Crippen molar-refractivity contribution in [3.05, 3.63) is 59.2 Å². The second kappa shape index (κ2) is 10.1. The van der Waals surface area contributed by atoms with E-state index in [2.05, 4.69) is 5.32 Å². The number of carbonyl (C=O) groups is 3. The SMILES string of the molecule is COC(=O)c1cc(NC(=O)C2CCN(C(=O)COc3ccccc3)CC2)cc(C)c1C. The Balaban J connectivity index is 1.53. The van der Waals surface area contributed by atoms with Crippen molar-refractivity contribution in [2.75, 3.05) is 32.1 Å². The zero-order chi connectivity index (χ0) is 22.4. The van der Waals surface area contributed by atoms with Crippen molar-refractivity contribution in [3.8, 4) is 5.75 Å². The van der Waals surface area contributed by atoms with E-state index in [1.807, 2.05) is 50.2 Å². The van der Waals surface area contributed by atoms with E-state index in [1.165, 1.54) is 7.11 Å². The maximum Gasteiger partial charge on any atom is 0.338 e. The maximum atomic E-state index is 12.7. The number of nitrogens with one attached hydrogen (secondary N) is 1. The number of rotatable bonds is 6. The molecule has 0 spiro atoms. The monoisotopic (exact) mass is 424 g/mol. The first kappa shape index (κ1) is 22.3. The minimum Gasteiger partial charge on any atom is -0.484 e. The molecule has 2 aromatic rings. The zero-order valence-corrected chi connectivity index (χ0v) is 18.1. The summed E-state index contributed by atoms with van der Waals surface area (Å²) in [6.45, 7) is 4.74. The maximum absolute atomic E-state index is 12.7. The van der Waals surface area contributed by atoms with Gasteiger partial charge in [0.05, 0.1) is 12.7 Å². The fourth-order valence-corrected chi connectivity index (χ4v) is 3.64. The molecule has 0 atom stereocenters. The molecule has 0 radical (unpaired) electrons. The average molecular weight is 424 g/mol. The molecular formula is C24H28N2O5. The molecule has 3 rings (SSSR count). The molecule has 1 aliphatic heterocycles. The van der Waals surface area contributed by atoms with Gasteiger partial charge in [-0.1, -0.05) is 18.2 Å². The van der Waals surface area contributed by atoms with Crippen molar-refractivity contribution >= 4 is 23.5 Å². The number of amides is 2. The normalized spacial score (nSPS) is 14.1. The van der Waals surface area contributed by atoms with Crippen molar-refractivity contribution in [1.82, 2.24) is 4.90 Å². The summed E-state index contributed by atoms with van der Waals surface area (Å²) >= 11 is 0. The van der Waals surface area contributed by atoms with E-state index in [9.17, 15) is 14.4 Å². The standard InChI is InChI=1S/C24H28N2O5/c1-16-13-19(14-21(17(16)2)24(29)30-3)25-23(28)18-9-11-26(12-10-18)22(27)15-31-20-7-5-4-6-8-20/h4-8,13-14,18H,9-12,15H2,1-3H3,(H,25,28). The molecule has 1 saturated heterocycles. The van der Waals surface area contributed by atoms with Crippen LogP contribution in [0.5, 0.6) is 5.75 Å². The van der Waals surface area contributed by atoms with Gasteiger partial charge in [-0.15, -0.1) is 0 Å². The molecule has 1 aliphatic rings. The molecule has 0 saturated carbocycles. The molecule has 2 amide bonds. The highest BCUT2D eigenvalue weighted by Crippen LogP contribution is 2.24. The second-order valence-electron chi connectivity index (χ2n) is 7.70. The molecule has 31 heavy (non-hydrogen) atoms. The van der Waals surface area contributed by atoms with Crippen molar-refractivity contribution < 1.29 is 23.9 Å². The van der Waals surface area contributed by atoms with Crippen molar-refractivity contribution in [2.24, 2.45) is 5.92 Å². The molecule has 0 aromatic heterocycles. The summed E-state index contributed by atoms with van der Waals surface area (Å²) < 4.78 is 10.4. The topological polar surface area (TPSA) is 84.9 Å². The third kappa shape index (κ3) is 5.63. The lowest BCUT2D eigenvalue weighted by molar-refractivity contribution is -0.136. The summed E-state index contributed by atoms with van der Waals surface area (Å²) in [5.41, 5.74) is 2.74. The Bertz CT molecular complexity index is 950. The van der Waals surface area contributed by atoms with Gasteiger partial charge < -0.3 is 19.7 Å². The van der Waals surface area contributed by atoms with Crippen LogP contribution < -0.4 is 10.1 Å². The highest BCUT2D eigenvalue weighted by atomic mass is 16.5. The molecule has 0 bridgehead atoms. The minimum absolute atomic E-state index is 0.0141. The number of likely N-dealkylation sites (tertiary alicyclic amines) is 1. The van der Waals surface area contributed by atoms with Gasteiger partial charge in [-0.05, 0) is 62.1 Å². The number of ether oxygens (including phenoxy) is 2. The summed E-state index contributed by atoms with van der Waals surface area (Å²) in [6.07, 6.45) is 1.16. The van der Waals surface area contributed by atoms with Crippen LogP contribution in [0, 0.1) is 19.8 Å². The van der Waals surface area contributed by atoms with Crippen LogP contribution in [0.2, 0.25) is 0 Å². The molecule has 1 heterocycles. The van der Waals surface area contributed by atoms with Crippen LogP contribution in [0.3, 0.4) is 0 Å². The van der Waals surface area contributed by atoms with Crippen LogP contribution in [0.25, 0.3) is 0 Å². The van der Waals surface area contributed by atoms with Crippen LogP contribution in [0.1, 0.15) is 34.3 Å². The largest absolute Gasteiger partial charge is 0.484 e. The van der Waals surface area contributed by atoms with Crippen LogP contribution in [-0.2, 0) is 14.3 Å². The second-order valence-corrected chi connectivity index (χ2v) is 7.70. The molecule has 0 unspecified atom stereocenters. The molecular weight excluding hydrogens is 396 g/mol. The number of nitrogens with zero attached hydrogens (tertiary/aromatic N) is 1. The van der Waals surface area contributed by atoms with Crippen LogP contribution in [0.15, 0.2) is 42.5 Å². The number of hydrogen-bond acceptors (Lipinski definition) is 5. The number of carbonyl (C=O) groups excluding carboxylic acids is 3. The third-order valence-corrected chi connectivity index (χ3v) is 5.66. The average Bonchev–Trinajstić information content (AvgIpc) is 2.80. The first-order valence-electron chi connectivity index (χ1n) is 10.3. The first-order valence-corrected chi connectivity index (χ1v) is 10.3. The smallest absolute Gasteiger partial charge is 0.338 e. The molecule has 2 aromatic carbocycles. The van der Waals surface area contributed by atoms with Gasteiger partial charge in [-0.25, -0.2) is 4.79 Å². The number of aryl methyl sites for hydroxylation is 1. The van der Waals surface area contributed by atoms with E-state index in [1.54, 1.807) is 11.0 Å². The Kier molecular flexibility index (Phi) is 7.28. The van der Waals surface area contributed by atoms with Crippen LogP contribution in [-0.4, -0.2) is 49.5 Å². The lowest BCUT2D eigenvalue weighted by atomic mass is 9.95. The molecule has 164 valence electrons.